The highest BCUT2D eigenvalue weighted by atomic mass is 16.4. The fourth-order valence-corrected chi connectivity index (χ4v) is 0.951. The summed E-state index contributed by atoms with van der Waals surface area (Å²) in [6.07, 6.45) is 0. The van der Waals surface area contributed by atoms with Crippen molar-refractivity contribution in [2.75, 3.05) is 40.3 Å². The van der Waals surface area contributed by atoms with Crippen molar-refractivity contribution in [1.82, 2.24) is 9.80 Å². The van der Waals surface area contributed by atoms with E-state index < -0.39 is 0 Å². The summed E-state index contributed by atoms with van der Waals surface area (Å²) in [5, 5.41) is 11.3. The van der Waals surface area contributed by atoms with E-state index in [1.807, 2.05) is 14.1 Å². The standard InChI is InChI=1S/C8H20N4O/c1-4-12(6-5-11(2)3)7-8(9)10-13/h13H,4-7H2,1-3H3,(H2,9,10). The topological polar surface area (TPSA) is 65.1 Å². The molecule has 78 valence electrons. The molecular formula is C8H20N4O. The Morgan fingerprint density at radius 1 is 1.38 bits per heavy atom. The average Bonchev–Trinajstić information content (AvgIpc) is 2.11. The van der Waals surface area contributed by atoms with E-state index in [1.165, 1.54) is 0 Å². The third-order valence-corrected chi connectivity index (χ3v) is 1.82. The van der Waals surface area contributed by atoms with Gasteiger partial charge in [-0.3, -0.25) is 4.90 Å². The molecule has 0 unspecified atom stereocenters. The van der Waals surface area contributed by atoms with Gasteiger partial charge in [0.1, 0.15) is 0 Å². The second-order valence-electron chi connectivity index (χ2n) is 3.26. The first-order valence-electron chi connectivity index (χ1n) is 4.43. The minimum absolute atomic E-state index is 0.264. The third-order valence-electron chi connectivity index (χ3n) is 1.82. The SMILES string of the molecule is CCN(CCN(C)C)CC(N)=NO. The molecule has 0 aromatic rings. The summed E-state index contributed by atoms with van der Waals surface area (Å²) in [5.41, 5.74) is 5.40. The Kier molecular flexibility index (Phi) is 6.26. The molecule has 0 bridgehead atoms. The second kappa shape index (κ2) is 6.68. The lowest BCUT2D eigenvalue weighted by molar-refractivity contribution is 0.269. The molecule has 5 nitrogen and oxygen atoms in total. The molecule has 0 aromatic heterocycles. The molecular weight excluding hydrogens is 168 g/mol. The largest absolute Gasteiger partial charge is 0.409 e. The molecule has 0 heterocycles. The summed E-state index contributed by atoms with van der Waals surface area (Å²) in [7, 11) is 4.05. The van der Waals surface area contributed by atoms with Gasteiger partial charge in [-0.05, 0) is 20.6 Å². The Morgan fingerprint density at radius 2 is 2.00 bits per heavy atom. The van der Waals surface area contributed by atoms with Crippen molar-refractivity contribution in [1.29, 1.82) is 0 Å². The lowest BCUT2D eigenvalue weighted by Gasteiger charge is -2.21. The van der Waals surface area contributed by atoms with Crippen LogP contribution in [0.4, 0.5) is 0 Å². The van der Waals surface area contributed by atoms with Crippen molar-refractivity contribution < 1.29 is 5.21 Å². The molecule has 0 spiro atoms. The summed E-state index contributed by atoms with van der Waals surface area (Å²) in [6.45, 7) is 5.40. The van der Waals surface area contributed by atoms with Gasteiger partial charge >= 0.3 is 0 Å². The van der Waals surface area contributed by atoms with Crippen LogP contribution in [0.25, 0.3) is 0 Å². The molecule has 0 aliphatic heterocycles. The van der Waals surface area contributed by atoms with Crippen LogP contribution in [-0.4, -0.2) is 61.1 Å². The highest BCUT2D eigenvalue weighted by Crippen LogP contribution is 1.88. The Hall–Kier alpha value is -0.810. The maximum Gasteiger partial charge on any atom is 0.153 e. The molecule has 0 saturated carbocycles. The van der Waals surface area contributed by atoms with E-state index in [-0.39, 0.29) is 5.84 Å². The summed E-state index contributed by atoms with van der Waals surface area (Å²) >= 11 is 0. The van der Waals surface area contributed by atoms with Crippen LogP contribution < -0.4 is 5.73 Å². The first-order valence-corrected chi connectivity index (χ1v) is 4.43. The number of nitrogens with zero attached hydrogens (tertiary/aromatic N) is 3. The molecule has 0 radical (unpaired) electrons. The molecule has 0 atom stereocenters. The molecule has 0 amide bonds. The predicted octanol–water partition coefficient (Wildman–Crippen LogP) is -0.384. The quantitative estimate of drug-likeness (QED) is 0.258. The number of oxime groups is 1. The summed E-state index contributed by atoms with van der Waals surface area (Å²) in [6, 6.07) is 0. The zero-order valence-electron chi connectivity index (χ0n) is 8.69. The van der Waals surface area contributed by atoms with Crippen molar-refractivity contribution in [3.8, 4) is 0 Å². The number of amidine groups is 1. The van der Waals surface area contributed by atoms with Gasteiger partial charge in [-0.1, -0.05) is 12.1 Å². The smallest absolute Gasteiger partial charge is 0.153 e. The highest BCUT2D eigenvalue weighted by Gasteiger charge is 2.04. The van der Waals surface area contributed by atoms with Gasteiger partial charge in [0.25, 0.3) is 0 Å². The van der Waals surface area contributed by atoms with Gasteiger partial charge in [-0.15, -0.1) is 0 Å². The summed E-state index contributed by atoms with van der Waals surface area (Å²) < 4.78 is 0. The van der Waals surface area contributed by atoms with Crippen molar-refractivity contribution >= 4 is 5.84 Å². The van der Waals surface area contributed by atoms with Gasteiger partial charge in [-0.2, -0.15) is 0 Å². The predicted molar refractivity (Wildman–Crippen MR) is 54.1 cm³/mol. The van der Waals surface area contributed by atoms with E-state index in [0.717, 1.165) is 19.6 Å². The molecule has 0 aliphatic rings. The van der Waals surface area contributed by atoms with E-state index in [4.69, 9.17) is 10.9 Å². The van der Waals surface area contributed by atoms with Crippen LogP contribution in [0.5, 0.6) is 0 Å². The van der Waals surface area contributed by atoms with Crippen molar-refractivity contribution in [3.05, 3.63) is 0 Å². The first-order chi connectivity index (χ1) is 6.10. The third kappa shape index (κ3) is 6.36. The van der Waals surface area contributed by atoms with Crippen LogP contribution in [-0.2, 0) is 0 Å². The number of nitrogens with two attached hydrogens (primary N) is 1. The van der Waals surface area contributed by atoms with Crippen LogP contribution in [0, 0.1) is 0 Å². The van der Waals surface area contributed by atoms with Gasteiger partial charge in [0.15, 0.2) is 5.84 Å². The highest BCUT2D eigenvalue weighted by molar-refractivity contribution is 5.81. The van der Waals surface area contributed by atoms with E-state index in [2.05, 4.69) is 21.9 Å². The Labute approximate surface area is 79.8 Å². The molecule has 0 aliphatic carbocycles. The average molecular weight is 188 g/mol. The van der Waals surface area contributed by atoms with Crippen molar-refractivity contribution in [2.45, 2.75) is 6.92 Å². The summed E-state index contributed by atoms with van der Waals surface area (Å²) in [4.78, 5) is 4.23. The molecule has 0 rings (SSSR count). The van der Waals surface area contributed by atoms with Crippen molar-refractivity contribution in [3.63, 3.8) is 0 Å². The minimum atomic E-state index is 0.264. The second-order valence-corrected chi connectivity index (χ2v) is 3.26. The van der Waals surface area contributed by atoms with E-state index in [0.29, 0.717) is 6.54 Å². The number of rotatable bonds is 6. The van der Waals surface area contributed by atoms with Crippen LogP contribution in [0.15, 0.2) is 5.16 Å². The number of likely N-dealkylation sites (N-methyl/N-ethyl adjacent to an activating group) is 2. The van der Waals surface area contributed by atoms with Gasteiger partial charge in [0, 0.05) is 13.1 Å². The van der Waals surface area contributed by atoms with E-state index >= 15 is 0 Å². The number of hydrogen-bond donors (Lipinski definition) is 2. The normalized spacial score (nSPS) is 12.8. The minimum Gasteiger partial charge on any atom is -0.409 e. The zero-order chi connectivity index (χ0) is 10.3. The van der Waals surface area contributed by atoms with Gasteiger partial charge < -0.3 is 15.8 Å². The lowest BCUT2D eigenvalue weighted by atomic mass is 10.4. The van der Waals surface area contributed by atoms with E-state index in [1.54, 1.807) is 0 Å². The molecule has 5 heteroatoms. The van der Waals surface area contributed by atoms with E-state index in [9.17, 15) is 0 Å². The van der Waals surface area contributed by atoms with Crippen LogP contribution >= 0.6 is 0 Å². The van der Waals surface area contributed by atoms with Gasteiger partial charge in [0.05, 0.1) is 6.54 Å². The molecule has 13 heavy (non-hydrogen) atoms. The van der Waals surface area contributed by atoms with Gasteiger partial charge in [0.2, 0.25) is 0 Å². The Morgan fingerprint density at radius 3 is 2.38 bits per heavy atom. The zero-order valence-corrected chi connectivity index (χ0v) is 8.69. The lowest BCUT2D eigenvalue weighted by Crippen LogP contribution is -2.38. The van der Waals surface area contributed by atoms with Crippen LogP contribution in [0.2, 0.25) is 0 Å². The molecule has 0 aromatic carbocycles. The maximum absolute atomic E-state index is 8.38. The molecule has 3 N–H and O–H groups in total. The maximum atomic E-state index is 8.38. The Bertz CT molecular complexity index is 158. The van der Waals surface area contributed by atoms with Crippen LogP contribution in [0.3, 0.4) is 0 Å². The van der Waals surface area contributed by atoms with Crippen LogP contribution in [0.1, 0.15) is 6.92 Å². The van der Waals surface area contributed by atoms with Gasteiger partial charge in [-0.25, -0.2) is 0 Å². The monoisotopic (exact) mass is 188 g/mol. The summed E-state index contributed by atoms with van der Waals surface area (Å²) in [5.74, 6) is 0.264. The molecule has 0 saturated heterocycles. The first kappa shape index (κ1) is 12.2. The number of hydrogen-bond acceptors (Lipinski definition) is 4. The fourth-order valence-electron chi connectivity index (χ4n) is 0.951. The fraction of sp³-hybridized carbons (Fsp3) is 0.875. The Balaban J connectivity index is 3.76. The molecule has 0 fully saturated rings. The van der Waals surface area contributed by atoms with Crippen molar-refractivity contribution in [2.24, 2.45) is 10.9 Å².